The monoisotopic (exact) mass is 475 g/mol. The van der Waals surface area contributed by atoms with Crippen LogP contribution >= 0.6 is 38.6 Å². The van der Waals surface area contributed by atoms with Gasteiger partial charge in [0.25, 0.3) is 5.91 Å². The van der Waals surface area contributed by atoms with Crippen LogP contribution in [0.1, 0.15) is 28.9 Å². The number of nitrogens with one attached hydrogen (secondary N) is 2. The van der Waals surface area contributed by atoms with Gasteiger partial charge in [0.05, 0.1) is 4.88 Å². The third-order valence-electron chi connectivity index (χ3n) is 4.34. The number of carbonyl (C=O) groups is 2. The summed E-state index contributed by atoms with van der Waals surface area (Å²) in [5.74, 6) is -0.470. The number of amides is 2. The van der Waals surface area contributed by atoms with Gasteiger partial charge in [-0.2, -0.15) is 0 Å². The quantitative estimate of drug-likeness (QED) is 0.536. The van der Waals surface area contributed by atoms with E-state index in [-0.39, 0.29) is 17.9 Å². The van der Waals surface area contributed by atoms with Gasteiger partial charge in [-0.05, 0) is 40.4 Å². The predicted molar refractivity (Wildman–Crippen MR) is 116 cm³/mol. The zero-order valence-electron chi connectivity index (χ0n) is 14.9. The van der Waals surface area contributed by atoms with Crippen molar-refractivity contribution >= 4 is 50.4 Å². The molecule has 0 saturated heterocycles. The molecule has 1 atom stereocenters. The van der Waals surface area contributed by atoms with Gasteiger partial charge in [-0.1, -0.05) is 30.3 Å². The predicted octanol–water partition coefficient (Wildman–Crippen LogP) is 4.25. The molecule has 0 bridgehead atoms. The lowest BCUT2D eigenvalue weighted by molar-refractivity contribution is -0.123. The van der Waals surface area contributed by atoms with Gasteiger partial charge >= 0.3 is 0 Å². The molecule has 3 aromatic rings. The SMILES string of the molecule is O=C(NC(Cc1ccccc1)C(=O)NC1CC1)c1csc(-c2cc(Br)cs2)n1. The molecule has 2 N–H and O–H groups in total. The summed E-state index contributed by atoms with van der Waals surface area (Å²) in [7, 11) is 0. The Morgan fingerprint density at radius 2 is 1.96 bits per heavy atom. The lowest BCUT2D eigenvalue weighted by Crippen LogP contribution is -2.48. The minimum Gasteiger partial charge on any atom is -0.352 e. The zero-order chi connectivity index (χ0) is 19.5. The minimum absolute atomic E-state index is 0.141. The molecule has 144 valence electrons. The summed E-state index contributed by atoms with van der Waals surface area (Å²) >= 11 is 6.42. The number of hydrogen-bond donors (Lipinski definition) is 2. The summed E-state index contributed by atoms with van der Waals surface area (Å²) in [6.45, 7) is 0. The molecule has 5 nitrogen and oxygen atoms in total. The Hall–Kier alpha value is -2.03. The summed E-state index contributed by atoms with van der Waals surface area (Å²) in [5, 5.41) is 10.4. The van der Waals surface area contributed by atoms with E-state index in [0.29, 0.717) is 12.1 Å². The standard InChI is InChI=1S/C20H18BrN3O2S2/c21-13-9-17(27-10-13)20-24-16(11-28-20)19(26)23-15(18(25)22-14-6-7-14)8-12-4-2-1-3-5-12/h1-5,9-11,14-15H,6-8H2,(H,22,25)(H,23,26). The molecule has 1 aromatic carbocycles. The maximum Gasteiger partial charge on any atom is 0.271 e. The van der Waals surface area contributed by atoms with Crippen molar-refractivity contribution in [1.82, 2.24) is 15.6 Å². The maximum atomic E-state index is 12.7. The van der Waals surface area contributed by atoms with Crippen LogP contribution in [0.5, 0.6) is 0 Å². The number of nitrogens with zero attached hydrogens (tertiary/aromatic N) is 1. The molecule has 2 aromatic heterocycles. The van der Waals surface area contributed by atoms with Crippen molar-refractivity contribution in [2.45, 2.75) is 31.3 Å². The molecule has 1 fully saturated rings. The summed E-state index contributed by atoms with van der Waals surface area (Å²) in [5.41, 5.74) is 1.34. The van der Waals surface area contributed by atoms with Gasteiger partial charge < -0.3 is 10.6 Å². The molecule has 1 aliphatic rings. The van der Waals surface area contributed by atoms with Crippen LogP contribution in [-0.2, 0) is 11.2 Å². The first-order chi connectivity index (χ1) is 13.6. The van der Waals surface area contributed by atoms with Crippen LogP contribution in [0.2, 0.25) is 0 Å². The molecule has 4 rings (SSSR count). The van der Waals surface area contributed by atoms with Crippen molar-refractivity contribution in [3.05, 3.63) is 62.9 Å². The highest BCUT2D eigenvalue weighted by molar-refractivity contribution is 9.10. The second-order valence-electron chi connectivity index (χ2n) is 6.67. The first kappa shape index (κ1) is 19.3. The van der Waals surface area contributed by atoms with Crippen LogP contribution in [0, 0.1) is 0 Å². The summed E-state index contributed by atoms with van der Waals surface area (Å²) in [6, 6.07) is 11.3. The molecular weight excluding hydrogens is 458 g/mol. The van der Waals surface area contributed by atoms with Gasteiger partial charge in [-0.25, -0.2) is 4.98 Å². The van der Waals surface area contributed by atoms with Crippen molar-refractivity contribution in [3.63, 3.8) is 0 Å². The van der Waals surface area contributed by atoms with Gasteiger partial charge in [0, 0.05) is 27.7 Å². The largest absolute Gasteiger partial charge is 0.352 e. The third kappa shape index (κ3) is 4.87. The third-order valence-corrected chi connectivity index (χ3v) is 7.05. The molecule has 1 unspecified atom stereocenters. The smallest absolute Gasteiger partial charge is 0.271 e. The van der Waals surface area contributed by atoms with Crippen molar-refractivity contribution in [2.75, 3.05) is 0 Å². The van der Waals surface area contributed by atoms with E-state index in [9.17, 15) is 9.59 Å². The van der Waals surface area contributed by atoms with Crippen LogP contribution in [-0.4, -0.2) is 28.9 Å². The molecule has 1 saturated carbocycles. The minimum atomic E-state index is -0.628. The molecule has 0 radical (unpaired) electrons. The van der Waals surface area contributed by atoms with E-state index in [0.717, 1.165) is 32.8 Å². The Balaban J connectivity index is 1.48. The Morgan fingerprint density at radius 3 is 2.64 bits per heavy atom. The average molecular weight is 476 g/mol. The highest BCUT2D eigenvalue weighted by Crippen LogP contribution is 2.32. The second-order valence-corrected chi connectivity index (χ2v) is 9.35. The highest BCUT2D eigenvalue weighted by Gasteiger charge is 2.29. The van der Waals surface area contributed by atoms with Gasteiger partial charge in [0.2, 0.25) is 5.91 Å². The summed E-state index contributed by atoms with van der Waals surface area (Å²) in [4.78, 5) is 30.8. The Kier molecular flexibility index (Phi) is 5.89. The van der Waals surface area contributed by atoms with E-state index in [2.05, 4.69) is 31.5 Å². The van der Waals surface area contributed by atoms with Crippen LogP contribution in [0.3, 0.4) is 0 Å². The Morgan fingerprint density at radius 1 is 1.18 bits per heavy atom. The van der Waals surface area contributed by atoms with Crippen molar-refractivity contribution in [2.24, 2.45) is 0 Å². The van der Waals surface area contributed by atoms with E-state index < -0.39 is 6.04 Å². The van der Waals surface area contributed by atoms with E-state index in [1.54, 1.807) is 16.7 Å². The fraction of sp³-hybridized carbons (Fsp3) is 0.250. The number of rotatable bonds is 7. The van der Waals surface area contributed by atoms with Crippen LogP contribution in [0.15, 0.2) is 51.6 Å². The molecule has 1 aliphatic carbocycles. The molecule has 2 amide bonds. The number of aromatic nitrogens is 1. The lowest BCUT2D eigenvalue weighted by Gasteiger charge is -2.18. The van der Waals surface area contributed by atoms with Gasteiger partial charge in [0.1, 0.15) is 16.7 Å². The number of carbonyl (C=O) groups excluding carboxylic acids is 2. The van der Waals surface area contributed by atoms with Crippen LogP contribution in [0.25, 0.3) is 9.88 Å². The zero-order valence-corrected chi connectivity index (χ0v) is 18.1. The number of hydrogen-bond acceptors (Lipinski definition) is 5. The van der Waals surface area contributed by atoms with E-state index in [4.69, 9.17) is 0 Å². The normalized spacial score (nSPS) is 14.5. The first-order valence-corrected chi connectivity index (χ1v) is 11.5. The summed E-state index contributed by atoms with van der Waals surface area (Å²) in [6.07, 6.45) is 2.45. The van der Waals surface area contributed by atoms with Gasteiger partial charge in [-0.3, -0.25) is 9.59 Å². The first-order valence-electron chi connectivity index (χ1n) is 8.93. The second kappa shape index (κ2) is 8.55. The average Bonchev–Trinajstić information content (AvgIpc) is 3.18. The highest BCUT2D eigenvalue weighted by atomic mass is 79.9. The fourth-order valence-corrected chi connectivity index (χ4v) is 5.04. The lowest BCUT2D eigenvalue weighted by atomic mass is 10.0. The molecule has 0 spiro atoms. The van der Waals surface area contributed by atoms with Crippen molar-refractivity contribution in [1.29, 1.82) is 0 Å². The van der Waals surface area contributed by atoms with Crippen LogP contribution < -0.4 is 10.6 Å². The van der Waals surface area contributed by atoms with Crippen molar-refractivity contribution in [3.8, 4) is 9.88 Å². The maximum absolute atomic E-state index is 12.7. The summed E-state index contributed by atoms with van der Waals surface area (Å²) < 4.78 is 0.994. The van der Waals surface area contributed by atoms with Crippen LogP contribution in [0.4, 0.5) is 0 Å². The molecule has 28 heavy (non-hydrogen) atoms. The van der Waals surface area contributed by atoms with Crippen molar-refractivity contribution < 1.29 is 9.59 Å². The molecular formula is C20H18BrN3O2S2. The molecule has 2 heterocycles. The fourth-order valence-electron chi connectivity index (χ4n) is 2.74. The number of halogens is 1. The van der Waals surface area contributed by atoms with Gasteiger partial charge in [0.15, 0.2) is 0 Å². The Labute approximate surface area is 179 Å². The van der Waals surface area contributed by atoms with E-state index >= 15 is 0 Å². The molecule has 8 heteroatoms. The van der Waals surface area contributed by atoms with Gasteiger partial charge in [-0.15, -0.1) is 22.7 Å². The topological polar surface area (TPSA) is 71.1 Å². The molecule has 0 aliphatic heterocycles. The number of benzene rings is 1. The number of thiophene rings is 1. The van der Waals surface area contributed by atoms with E-state index in [1.807, 2.05) is 41.8 Å². The number of thiazole rings is 1. The Bertz CT molecular complexity index is 982. The van der Waals surface area contributed by atoms with E-state index in [1.165, 1.54) is 11.3 Å².